The number of carbonyl (C=O) groups excluding carboxylic acids is 1. The lowest BCUT2D eigenvalue weighted by Gasteiger charge is -2.31. The lowest BCUT2D eigenvalue weighted by molar-refractivity contribution is -0.490. The van der Waals surface area contributed by atoms with Gasteiger partial charge in [0.25, 0.3) is 5.91 Å². The number of hydrogen-bond donors (Lipinski definition) is 2. The SMILES string of the molecule is CO[C@@H](c1ccccc1)[C@H](C)C[N+](=O)[O-].O=C1c2ccccc2C(O)N1[C@@H]1CNC[C@H]1c1ccccc1. The lowest BCUT2D eigenvalue weighted by Crippen LogP contribution is -2.42. The average Bonchev–Trinajstić information content (AvgIpc) is 3.48. The van der Waals surface area contributed by atoms with Crippen LogP contribution in [0, 0.1) is 16.0 Å². The zero-order chi connectivity index (χ0) is 26.4. The number of carbonyl (C=O) groups is 1. The molecular formula is C29H33N3O5. The van der Waals surface area contributed by atoms with Gasteiger partial charge in [0, 0.05) is 42.2 Å². The summed E-state index contributed by atoms with van der Waals surface area (Å²) in [7, 11) is 1.58. The molecule has 0 spiro atoms. The molecule has 5 rings (SSSR count). The van der Waals surface area contributed by atoms with Gasteiger partial charge in [0.15, 0.2) is 6.23 Å². The van der Waals surface area contributed by atoms with E-state index in [1.54, 1.807) is 18.1 Å². The molecule has 0 aliphatic carbocycles. The second kappa shape index (κ2) is 12.1. The molecule has 0 bridgehead atoms. The summed E-state index contributed by atoms with van der Waals surface area (Å²) in [6.45, 7) is 3.27. The summed E-state index contributed by atoms with van der Waals surface area (Å²) >= 11 is 0. The average molecular weight is 504 g/mol. The van der Waals surface area contributed by atoms with Gasteiger partial charge in [-0.1, -0.05) is 85.8 Å². The number of benzene rings is 3. The van der Waals surface area contributed by atoms with E-state index < -0.39 is 6.23 Å². The molecule has 0 radical (unpaired) electrons. The number of nitro groups is 1. The van der Waals surface area contributed by atoms with Crippen molar-refractivity contribution in [3.63, 3.8) is 0 Å². The van der Waals surface area contributed by atoms with E-state index in [2.05, 4.69) is 17.4 Å². The second-order valence-electron chi connectivity index (χ2n) is 9.48. The summed E-state index contributed by atoms with van der Waals surface area (Å²) in [5.74, 6) is -0.000701. The van der Waals surface area contributed by atoms with Crippen LogP contribution in [0.1, 0.15) is 52.2 Å². The van der Waals surface area contributed by atoms with Crippen LogP contribution in [0.3, 0.4) is 0 Å². The van der Waals surface area contributed by atoms with Gasteiger partial charge in [0.05, 0.1) is 18.1 Å². The van der Waals surface area contributed by atoms with Crippen LogP contribution in [0.2, 0.25) is 0 Å². The van der Waals surface area contributed by atoms with Crippen LogP contribution < -0.4 is 5.32 Å². The van der Waals surface area contributed by atoms with Crippen molar-refractivity contribution in [1.82, 2.24) is 10.2 Å². The van der Waals surface area contributed by atoms with Crippen LogP contribution in [-0.4, -0.2) is 53.6 Å². The molecule has 2 aliphatic heterocycles. The molecular weight excluding hydrogens is 470 g/mol. The molecule has 8 heteroatoms. The van der Waals surface area contributed by atoms with Gasteiger partial charge >= 0.3 is 0 Å². The first-order chi connectivity index (χ1) is 17.9. The molecule has 3 aromatic rings. The molecule has 8 nitrogen and oxygen atoms in total. The zero-order valence-electron chi connectivity index (χ0n) is 21.1. The molecule has 0 aromatic heterocycles. The molecule has 0 saturated carbocycles. The highest BCUT2D eigenvalue weighted by molar-refractivity contribution is 5.99. The number of aliphatic hydroxyl groups is 1. The molecule has 194 valence electrons. The van der Waals surface area contributed by atoms with Crippen LogP contribution in [-0.2, 0) is 4.74 Å². The predicted molar refractivity (Wildman–Crippen MR) is 141 cm³/mol. The van der Waals surface area contributed by atoms with Gasteiger partial charge in [-0.05, 0) is 17.2 Å². The van der Waals surface area contributed by atoms with Gasteiger partial charge in [-0.15, -0.1) is 0 Å². The van der Waals surface area contributed by atoms with E-state index in [0.29, 0.717) is 17.7 Å². The minimum atomic E-state index is -0.847. The summed E-state index contributed by atoms with van der Waals surface area (Å²) in [6.07, 6.45) is -1.06. The van der Waals surface area contributed by atoms with Gasteiger partial charge in [-0.2, -0.15) is 0 Å². The summed E-state index contributed by atoms with van der Waals surface area (Å²) < 4.78 is 5.29. The highest BCUT2D eigenvalue weighted by Gasteiger charge is 2.44. The standard InChI is InChI=1S/C18H18N2O2.C11H15NO3/c21-17-13-8-4-5-9-14(13)18(22)20(17)16-11-19-10-15(16)12-6-2-1-3-7-12;1-9(8-12(13)14)11(15-2)10-6-4-3-5-7-10/h1-9,15-17,19,21H,10-11H2;3-7,9,11H,8H2,1-2H3/t15-,16+,17?;9-,11-/m01/s1. The number of amides is 1. The summed E-state index contributed by atoms with van der Waals surface area (Å²) in [4.78, 5) is 24.5. The van der Waals surface area contributed by atoms with E-state index >= 15 is 0 Å². The Labute approximate surface area is 217 Å². The van der Waals surface area contributed by atoms with Gasteiger partial charge < -0.3 is 20.1 Å². The molecule has 2 N–H and O–H groups in total. The molecule has 1 amide bonds. The van der Waals surface area contributed by atoms with E-state index in [0.717, 1.165) is 12.1 Å². The van der Waals surface area contributed by atoms with E-state index in [9.17, 15) is 20.0 Å². The molecule has 1 unspecified atom stereocenters. The minimum Gasteiger partial charge on any atom is -0.376 e. The van der Waals surface area contributed by atoms with Crippen LogP contribution in [0.5, 0.6) is 0 Å². The smallest absolute Gasteiger partial charge is 0.256 e. The first-order valence-corrected chi connectivity index (χ1v) is 12.5. The van der Waals surface area contributed by atoms with E-state index in [-0.39, 0.29) is 41.4 Å². The Hall–Kier alpha value is -3.59. The largest absolute Gasteiger partial charge is 0.376 e. The van der Waals surface area contributed by atoms with Crippen LogP contribution >= 0.6 is 0 Å². The van der Waals surface area contributed by atoms with E-state index in [4.69, 9.17) is 4.74 Å². The number of methoxy groups -OCH3 is 1. The van der Waals surface area contributed by atoms with Crippen molar-refractivity contribution in [2.75, 3.05) is 26.7 Å². The van der Waals surface area contributed by atoms with Crippen LogP contribution in [0.15, 0.2) is 84.9 Å². The molecule has 1 saturated heterocycles. The fraction of sp³-hybridized carbons (Fsp3) is 0.345. The van der Waals surface area contributed by atoms with Crippen molar-refractivity contribution < 1.29 is 19.6 Å². The fourth-order valence-corrected chi connectivity index (χ4v) is 5.32. The lowest BCUT2D eigenvalue weighted by atomic mass is 9.93. The van der Waals surface area contributed by atoms with E-state index in [1.165, 1.54) is 5.56 Å². The molecule has 5 atom stereocenters. The number of ether oxygens (including phenoxy) is 1. The molecule has 2 heterocycles. The third kappa shape index (κ3) is 5.88. The van der Waals surface area contributed by atoms with Crippen molar-refractivity contribution in [3.05, 3.63) is 117 Å². The molecule has 1 fully saturated rings. The number of nitrogens with one attached hydrogen (secondary N) is 1. The summed E-state index contributed by atoms with van der Waals surface area (Å²) in [5, 5.41) is 24.4. The number of rotatable bonds is 7. The van der Waals surface area contributed by atoms with Crippen molar-refractivity contribution in [2.24, 2.45) is 5.92 Å². The number of nitrogens with zero attached hydrogens (tertiary/aromatic N) is 2. The maximum absolute atomic E-state index is 12.7. The summed E-state index contributed by atoms with van der Waals surface area (Å²) in [5.41, 5.74) is 3.52. The van der Waals surface area contributed by atoms with Crippen molar-refractivity contribution >= 4 is 5.91 Å². The highest BCUT2D eigenvalue weighted by Crippen LogP contribution is 2.38. The van der Waals surface area contributed by atoms with Gasteiger partial charge in [0.2, 0.25) is 6.54 Å². The van der Waals surface area contributed by atoms with Gasteiger partial charge in [-0.3, -0.25) is 14.9 Å². The maximum atomic E-state index is 12.7. The number of hydrogen-bond acceptors (Lipinski definition) is 6. The Morgan fingerprint density at radius 3 is 2.27 bits per heavy atom. The molecule has 37 heavy (non-hydrogen) atoms. The molecule has 2 aliphatic rings. The zero-order valence-corrected chi connectivity index (χ0v) is 21.1. The van der Waals surface area contributed by atoms with Crippen molar-refractivity contribution in [2.45, 2.75) is 31.2 Å². The number of fused-ring (bicyclic) bond motifs is 1. The third-order valence-electron chi connectivity index (χ3n) is 7.07. The first kappa shape index (κ1) is 26.5. The highest BCUT2D eigenvalue weighted by atomic mass is 16.6. The Morgan fingerprint density at radius 1 is 1.03 bits per heavy atom. The Morgan fingerprint density at radius 2 is 1.65 bits per heavy atom. The third-order valence-corrected chi connectivity index (χ3v) is 7.07. The predicted octanol–water partition coefficient (Wildman–Crippen LogP) is 4.18. The normalized spacial score (nSPS) is 22.1. The Kier molecular flexibility index (Phi) is 8.66. The van der Waals surface area contributed by atoms with Crippen LogP contribution in [0.25, 0.3) is 0 Å². The Bertz CT molecular complexity index is 1190. The van der Waals surface area contributed by atoms with Gasteiger partial charge in [0.1, 0.15) is 0 Å². The van der Waals surface area contributed by atoms with Crippen LogP contribution in [0.4, 0.5) is 0 Å². The first-order valence-electron chi connectivity index (χ1n) is 12.5. The molecule has 3 aromatic carbocycles. The summed E-state index contributed by atoms with van der Waals surface area (Å²) in [6, 6.07) is 27.1. The fourth-order valence-electron chi connectivity index (χ4n) is 5.32. The second-order valence-corrected chi connectivity index (χ2v) is 9.48. The van der Waals surface area contributed by atoms with Crippen molar-refractivity contribution in [3.8, 4) is 0 Å². The van der Waals surface area contributed by atoms with Crippen molar-refractivity contribution in [1.29, 1.82) is 0 Å². The monoisotopic (exact) mass is 503 g/mol. The van der Waals surface area contributed by atoms with E-state index in [1.807, 2.05) is 73.7 Å². The Balaban J connectivity index is 0.000000188. The van der Waals surface area contributed by atoms with Gasteiger partial charge in [-0.25, -0.2) is 0 Å². The maximum Gasteiger partial charge on any atom is 0.256 e. The number of aliphatic hydroxyl groups excluding tert-OH is 1. The quantitative estimate of drug-likeness (QED) is 0.370. The minimum absolute atomic E-state index is 0.0303. The topological polar surface area (TPSA) is 105 Å².